The Bertz CT molecular complexity index is 240. The fraction of sp³-hybridized carbons (Fsp3) is 0.143. The molecule has 4 heteroatoms. The van der Waals surface area contributed by atoms with E-state index in [2.05, 4.69) is 0 Å². The standard InChI is InChI=1S/C7H9NO2.ClH/c1-10-7-3-2-5(8)4-6(7)9;/h2-4,9H,8H2,1H3;1H. The number of methoxy groups -OCH3 is 1. The first kappa shape index (κ1) is 9.91. The third kappa shape index (κ3) is 2.20. The smallest absolute Gasteiger partial charge is 0.160 e. The van der Waals surface area contributed by atoms with E-state index in [0.29, 0.717) is 11.4 Å². The van der Waals surface area contributed by atoms with Gasteiger partial charge in [0.2, 0.25) is 0 Å². The first-order chi connectivity index (χ1) is 4.74. The molecule has 0 radical (unpaired) electrons. The second kappa shape index (κ2) is 3.93. The van der Waals surface area contributed by atoms with Gasteiger partial charge in [0, 0.05) is 11.8 Å². The molecule has 3 N–H and O–H groups in total. The molecule has 0 aliphatic carbocycles. The molecule has 1 aromatic carbocycles. The summed E-state index contributed by atoms with van der Waals surface area (Å²) in [5.41, 5.74) is 5.89. The van der Waals surface area contributed by atoms with Gasteiger partial charge in [-0.15, -0.1) is 12.4 Å². The van der Waals surface area contributed by atoms with Crippen molar-refractivity contribution >= 4 is 18.1 Å². The molecule has 0 saturated heterocycles. The lowest BCUT2D eigenvalue weighted by atomic mass is 10.3. The lowest BCUT2D eigenvalue weighted by Crippen LogP contribution is -1.86. The average Bonchev–Trinajstić information content (AvgIpc) is 1.88. The molecule has 0 unspecified atom stereocenters. The summed E-state index contributed by atoms with van der Waals surface area (Å²) in [5, 5.41) is 9.09. The van der Waals surface area contributed by atoms with Gasteiger partial charge < -0.3 is 15.6 Å². The highest BCUT2D eigenvalue weighted by Gasteiger charge is 1.98. The van der Waals surface area contributed by atoms with E-state index in [4.69, 9.17) is 15.6 Å². The van der Waals surface area contributed by atoms with Crippen LogP contribution in [0, 0.1) is 0 Å². The monoisotopic (exact) mass is 175 g/mol. The van der Waals surface area contributed by atoms with E-state index < -0.39 is 0 Å². The predicted octanol–water partition coefficient (Wildman–Crippen LogP) is 1.40. The van der Waals surface area contributed by atoms with Gasteiger partial charge in [-0.05, 0) is 12.1 Å². The molecule has 1 aromatic rings. The van der Waals surface area contributed by atoms with Crippen molar-refractivity contribution in [1.82, 2.24) is 0 Å². The van der Waals surface area contributed by atoms with Crippen molar-refractivity contribution in [3.8, 4) is 11.5 Å². The Morgan fingerprint density at radius 3 is 2.55 bits per heavy atom. The Morgan fingerprint density at radius 1 is 1.45 bits per heavy atom. The highest BCUT2D eigenvalue weighted by atomic mass is 35.5. The van der Waals surface area contributed by atoms with E-state index in [9.17, 15) is 0 Å². The first-order valence-electron chi connectivity index (χ1n) is 2.86. The molecule has 0 aliphatic rings. The molecule has 1 rings (SSSR count). The fourth-order valence-electron chi connectivity index (χ4n) is 0.707. The van der Waals surface area contributed by atoms with Crippen LogP contribution in [0.4, 0.5) is 5.69 Å². The quantitative estimate of drug-likeness (QED) is 0.635. The number of hydrogen-bond donors (Lipinski definition) is 2. The molecule has 0 heterocycles. The Labute approximate surface area is 71.2 Å². The van der Waals surface area contributed by atoms with E-state index in [-0.39, 0.29) is 18.2 Å². The summed E-state index contributed by atoms with van der Waals surface area (Å²) in [6.07, 6.45) is 0. The van der Waals surface area contributed by atoms with Gasteiger partial charge in [0.15, 0.2) is 11.5 Å². The molecule has 0 fully saturated rings. The summed E-state index contributed by atoms with van der Waals surface area (Å²) in [4.78, 5) is 0. The van der Waals surface area contributed by atoms with E-state index in [0.717, 1.165) is 0 Å². The van der Waals surface area contributed by atoms with Crippen molar-refractivity contribution in [2.24, 2.45) is 0 Å². The Morgan fingerprint density at radius 2 is 2.09 bits per heavy atom. The lowest BCUT2D eigenvalue weighted by Gasteiger charge is -2.01. The van der Waals surface area contributed by atoms with Crippen LogP contribution in [0.1, 0.15) is 0 Å². The molecule has 3 nitrogen and oxygen atoms in total. The number of rotatable bonds is 1. The van der Waals surface area contributed by atoms with E-state index >= 15 is 0 Å². The zero-order valence-electron chi connectivity index (χ0n) is 6.07. The molecule has 0 atom stereocenters. The van der Waals surface area contributed by atoms with Gasteiger partial charge in [0.25, 0.3) is 0 Å². The maximum absolute atomic E-state index is 9.09. The highest BCUT2D eigenvalue weighted by molar-refractivity contribution is 5.85. The Balaban J connectivity index is 0.000001000. The van der Waals surface area contributed by atoms with Crippen LogP contribution in [0.5, 0.6) is 11.5 Å². The molecule has 11 heavy (non-hydrogen) atoms. The van der Waals surface area contributed by atoms with Crippen LogP contribution in [0.15, 0.2) is 18.2 Å². The number of ether oxygens (including phenoxy) is 1. The van der Waals surface area contributed by atoms with Gasteiger partial charge in [0.05, 0.1) is 7.11 Å². The minimum Gasteiger partial charge on any atom is -0.504 e. The molecule has 0 bridgehead atoms. The van der Waals surface area contributed by atoms with Crippen molar-refractivity contribution in [3.63, 3.8) is 0 Å². The van der Waals surface area contributed by atoms with Crippen LogP contribution in [0.3, 0.4) is 0 Å². The van der Waals surface area contributed by atoms with Crippen LogP contribution in [0.2, 0.25) is 0 Å². The SMILES string of the molecule is COc1ccc(N)cc1O.Cl. The second-order valence-corrected chi connectivity index (χ2v) is 1.93. The van der Waals surface area contributed by atoms with Gasteiger partial charge in [-0.3, -0.25) is 0 Å². The summed E-state index contributed by atoms with van der Waals surface area (Å²) in [6.45, 7) is 0. The van der Waals surface area contributed by atoms with Crippen molar-refractivity contribution < 1.29 is 9.84 Å². The Kier molecular flexibility index (Phi) is 3.54. The molecule has 0 spiro atoms. The number of halogens is 1. The van der Waals surface area contributed by atoms with Crippen molar-refractivity contribution in [2.45, 2.75) is 0 Å². The Hall–Kier alpha value is -1.09. The average molecular weight is 176 g/mol. The molecular formula is C7H10ClNO2. The largest absolute Gasteiger partial charge is 0.504 e. The minimum atomic E-state index is 0. The summed E-state index contributed by atoms with van der Waals surface area (Å²) in [5.74, 6) is 0.511. The molecular weight excluding hydrogens is 166 g/mol. The van der Waals surface area contributed by atoms with E-state index in [1.807, 2.05) is 0 Å². The van der Waals surface area contributed by atoms with Crippen molar-refractivity contribution in [3.05, 3.63) is 18.2 Å². The second-order valence-electron chi connectivity index (χ2n) is 1.93. The summed E-state index contributed by atoms with van der Waals surface area (Å²) >= 11 is 0. The van der Waals surface area contributed by atoms with Crippen LogP contribution >= 0.6 is 12.4 Å². The maximum Gasteiger partial charge on any atom is 0.160 e. The number of anilines is 1. The number of phenols is 1. The molecule has 0 aromatic heterocycles. The van der Waals surface area contributed by atoms with Gasteiger partial charge in [-0.25, -0.2) is 0 Å². The number of nitrogens with two attached hydrogens (primary N) is 1. The van der Waals surface area contributed by atoms with Gasteiger partial charge >= 0.3 is 0 Å². The fourth-order valence-corrected chi connectivity index (χ4v) is 0.707. The van der Waals surface area contributed by atoms with Crippen LogP contribution in [-0.4, -0.2) is 12.2 Å². The van der Waals surface area contributed by atoms with Crippen molar-refractivity contribution in [1.29, 1.82) is 0 Å². The lowest BCUT2D eigenvalue weighted by molar-refractivity contribution is 0.373. The van der Waals surface area contributed by atoms with Gasteiger partial charge in [-0.1, -0.05) is 0 Å². The molecule has 0 saturated carbocycles. The van der Waals surface area contributed by atoms with Crippen LogP contribution in [0.25, 0.3) is 0 Å². The summed E-state index contributed by atoms with van der Waals surface area (Å²) in [7, 11) is 1.49. The van der Waals surface area contributed by atoms with Crippen molar-refractivity contribution in [2.75, 3.05) is 12.8 Å². The van der Waals surface area contributed by atoms with Crippen LogP contribution in [-0.2, 0) is 0 Å². The number of phenolic OH excluding ortho intramolecular Hbond substituents is 1. The first-order valence-corrected chi connectivity index (χ1v) is 2.86. The van der Waals surface area contributed by atoms with Crippen LogP contribution < -0.4 is 10.5 Å². The summed E-state index contributed by atoms with van der Waals surface area (Å²) < 4.78 is 4.79. The molecule has 0 aliphatic heterocycles. The normalized spacial score (nSPS) is 8.45. The third-order valence-electron chi connectivity index (χ3n) is 1.20. The van der Waals surface area contributed by atoms with E-state index in [1.165, 1.54) is 13.2 Å². The van der Waals surface area contributed by atoms with Gasteiger partial charge in [-0.2, -0.15) is 0 Å². The zero-order valence-corrected chi connectivity index (χ0v) is 6.89. The summed E-state index contributed by atoms with van der Waals surface area (Å²) in [6, 6.07) is 4.72. The number of aromatic hydroxyl groups is 1. The molecule has 62 valence electrons. The maximum atomic E-state index is 9.09. The number of benzene rings is 1. The zero-order chi connectivity index (χ0) is 7.56. The number of hydrogen-bond acceptors (Lipinski definition) is 3. The van der Waals surface area contributed by atoms with Gasteiger partial charge in [0.1, 0.15) is 0 Å². The van der Waals surface area contributed by atoms with E-state index in [1.54, 1.807) is 12.1 Å². The third-order valence-corrected chi connectivity index (χ3v) is 1.20. The topological polar surface area (TPSA) is 55.5 Å². The molecule has 0 amide bonds. The number of nitrogen functional groups attached to an aromatic ring is 1. The minimum absolute atomic E-state index is 0. The predicted molar refractivity (Wildman–Crippen MR) is 46.3 cm³/mol. The highest BCUT2D eigenvalue weighted by Crippen LogP contribution is 2.26.